The summed E-state index contributed by atoms with van der Waals surface area (Å²) in [6.45, 7) is 2.00. The largest absolute Gasteiger partial charge is 0.484 e. The van der Waals surface area contributed by atoms with E-state index >= 15 is 0 Å². The third kappa shape index (κ3) is 5.58. The number of ether oxygens (including phenoxy) is 1. The molecule has 0 aliphatic carbocycles. The van der Waals surface area contributed by atoms with Gasteiger partial charge in [-0.3, -0.25) is 14.5 Å². The Morgan fingerprint density at radius 3 is 1.76 bits per heavy atom. The predicted octanol–water partition coefficient (Wildman–Crippen LogP) is 3.38. The lowest BCUT2D eigenvalue weighted by molar-refractivity contribution is -0.119. The molecule has 3 aromatic rings. The van der Waals surface area contributed by atoms with Crippen molar-refractivity contribution in [1.82, 2.24) is 9.80 Å². The number of nitrogens with two attached hydrogens (primary N) is 1. The number of carbonyl (C=O) groups is 2. The molecule has 0 spiro atoms. The van der Waals surface area contributed by atoms with Crippen LogP contribution in [0.15, 0.2) is 72.8 Å². The second-order valence-corrected chi connectivity index (χ2v) is 8.11. The second kappa shape index (κ2) is 10.4. The van der Waals surface area contributed by atoms with Gasteiger partial charge in [0.2, 0.25) is 0 Å². The number of rotatable bonds is 7. The molecule has 2 N–H and O–H groups in total. The predicted molar refractivity (Wildman–Crippen MR) is 123 cm³/mol. The molecule has 1 fully saturated rings. The Labute approximate surface area is 196 Å². The smallest absolute Gasteiger partial charge is 0.255 e. The highest BCUT2D eigenvalue weighted by Crippen LogP contribution is 2.30. The Bertz CT molecular complexity index is 1080. The Hall–Kier alpha value is -3.78. The van der Waals surface area contributed by atoms with Crippen LogP contribution >= 0.6 is 0 Å². The zero-order chi connectivity index (χ0) is 24.1. The van der Waals surface area contributed by atoms with Crippen molar-refractivity contribution in [2.45, 2.75) is 6.04 Å². The number of piperazine rings is 1. The fraction of sp³-hybridized carbons (Fsp3) is 0.231. The van der Waals surface area contributed by atoms with Crippen LogP contribution < -0.4 is 10.5 Å². The first-order valence-corrected chi connectivity index (χ1v) is 11.0. The highest BCUT2D eigenvalue weighted by atomic mass is 19.1. The Morgan fingerprint density at radius 2 is 1.29 bits per heavy atom. The van der Waals surface area contributed by atoms with Gasteiger partial charge in [-0.1, -0.05) is 24.3 Å². The van der Waals surface area contributed by atoms with Crippen molar-refractivity contribution in [3.63, 3.8) is 0 Å². The van der Waals surface area contributed by atoms with E-state index in [0.29, 0.717) is 37.5 Å². The summed E-state index contributed by atoms with van der Waals surface area (Å²) in [7, 11) is 0. The van der Waals surface area contributed by atoms with Gasteiger partial charge in [0.1, 0.15) is 17.4 Å². The highest BCUT2D eigenvalue weighted by Gasteiger charge is 2.28. The normalized spacial score (nSPS) is 14.3. The average Bonchev–Trinajstić information content (AvgIpc) is 2.85. The molecule has 1 aliphatic heterocycles. The van der Waals surface area contributed by atoms with Crippen LogP contribution in [0.25, 0.3) is 0 Å². The number of nitrogens with zero attached hydrogens (tertiary/aromatic N) is 2. The van der Waals surface area contributed by atoms with Crippen molar-refractivity contribution in [3.05, 3.63) is 101 Å². The maximum atomic E-state index is 13.5. The van der Waals surface area contributed by atoms with Gasteiger partial charge in [0.25, 0.3) is 11.8 Å². The Balaban J connectivity index is 1.45. The highest BCUT2D eigenvalue weighted by molar-refractivity contribution is 5.94. The lowest BCUT2D eigenvalue weighted by Crippen LogP contribution is -2.49. The van der Waals surface area contributed by atoms with Gasteiger partial charge in [0.15, 0.2) is 6.61 Å². The van der Waals surface area contributed by atoms with Gasteiger partial charge in [-0.2, -0.15) is 0 Å². The Kier molecular flexibility index (Phi) is 7.18. The van der Waals surface area contributed by atoms with Crippen LogP contribution in [0.3, 0.4) is 0 Å². The van der Waals surface area contributed by atoms with Gasteiger partial charge in [0, 0.05) is 31.7 Å². The molecule has 0 bridgehead atoms. The quantitative estimate of drug-likeness (QED) is 0.581. The van der Waals surface area contributed by atoms with Gasteiger partial charge in [-0.15, -0.1) is 0 Å². The third-order valence-electron chi connectivity index (χ3n) is 5.82. The van der Waals surface area contributed by atoms with Gasteiger partial charge in [-0.05, 0) is 59.7 Å². The van der Waals surface area contributed by atoms with Gasteiger partial charge in [-0.25, -0.2) is 8.78 Å². The molecule has 1 saturated heterocycles. The lowest BCUT2D eigenvalue weighted by atomic mass is 9.96. The van der Waals surface area contributed by atoms with E-state index < -0.39 is 5.91 Å². The second-order valence-electron chi connectivity index (χ2n) is 8.11. The molecule has 34 heavy (non-hydrogen) atoms. The fourth-order valence-corrected chi connectivity index (χ4v) is 4.12. The topological polar surface area (TPSA) is 75.9 Å². The number of hydrogen-bond acceptors (Lipinski definition) is 4. The fourth-order valence-electron chi connectivity index (χ4n) is 4.12. The maximum absolute atomic E-state index is 13.5. The van der Waals surface area contributed by atoms with Crippen LogP contribution in [0.2, 0.25) is 0 Å². The lowest BCUT2D eigenvalue weighted by Gasteiger charge is -2.39. The molecular weight excluding hydrogens is 440 g/mol. The molecule has 0 atom stereocenters. The van der Waals surface area contributed by atoms with Gasteiger partial charge < -0.3 is 15.4 Å². The van der Waals surface area contributed by atoms with Crippen molar-refractivity contribution >= 4 is 11.8 Å². The summed E-state index contributed by atoms with van der Waals surface area (Å²) >= 11 is 0. The first-order valence-electron chi connectivity index (χ1n) is 11.0. The van der Waals surface area contributed by atoms with Crippen LogP contribution in [0.4, 0.5) is 8.78 Å². The molecule has 4 rings (SSSR count). The minimum atomic E-state index is -0.572. The molecule has 6 nitrogen and oxygen atoms in total. The van der Waals surface area contributed by atoms with Crippen LogP contribution in [0, 0.1) is 11.6 Å². The molecular formula is C26H25F2N3O3. The molecule has 0 saturated carbocycles. The molecule has 0 radical (unpaired) electrons. The van der Waals surface area contributed by atoms with E-state index in [9.17, 15) is 18.4 Å². The van der Waals surface area contributed by atoms with Gasteiger partial charge in [0.05, 0.1) is 6.04 Å². The SMILES string of the molecule is NC(=O)COc1ccc(C(=O)N2CCN(C(c3ccc(F)cc3)c3ccc(F)cc3)CC2)cc1. The van der Waals surface area contributed by atoms with E-state index in [1.807, 2.05) is 0 Å². The molecule has 0 aromatic heterocycles. The van der Waals surface area contributed by atoms with Crippen molar-refractivity contribution in [2.75, 3.05) is 32.8 Å². The number of hydrogen-bond donors (Lipinski definition) is 1. The first kappa shape index (κ1) is 23.4. The van der Waals surface area contributed by atoms with E-state index in [2.05, 4.69) is 4.90 Å². The zero-order valence-electron chi connectivity index (χ0n) is 18.5. The average molecular weight is 466 g/mol. The van der Waals surface area contributed by atoms with Crippen LogP contribution in [-0.2, 0) is 4.79 Å². The minimum Gasteiger partial charge on any atom is -0.484 e. The summed E-state index contributed by atoms with van der Waals surface area (Å²) in [5, 5.41) is 0. The van der Waals surface area contributed by atoms with Crippen LogP contribution in [-0.4, -0.2) is 54.4 Å². The number of primary amides is 1. The van der Waals surface area contributed by atoms with E-state index in [0.717, 1.165) is 11.1 Å². The van der Waals surface area contributed by atoms with E-state index in [-0.39, 0.29) is 30.2 Å². The summed E-state index contributed by atoms with van der Waals surface area (Å²) in [5.74, 6) is -0.841. The first-order chi connectivity index (χ1) is 16.4. The minimum absolute atomic E-state index is 0.0961. The number of benzene rings is 3. The molecule has 0 unspecified atom stereocenters. The molecule has 8 heteroatoms. The molecule has 1 aliphatic rings. The molecule has 1 heterocycles. The third-order valence-corrected chi connectivity index (χ3v) is 5.82. The van der Waals surface area contributed by atoms with Crippen LogP contribution in [0.1, 0.15) is 27.5 Å². The standard InChI is InChI=1S/C26H25F2N3O3/c27-21-7-1-18(2-8-21)25(19-3-9-22(28)10-4-19)30-13-15-31(16-14-30)26(33)20-5-11-23(12-6-20)34-17-24(29)32/h1-12,25H,13-17H2,(H2,29,32). The van der Waals surface area contributed by atoms with E-state index in [1.54, 1.807) is 53.4 Å². The molecule has 3 aromatic carbocycles. The molecule has 176 valence electrons. The van der Waals surface area contributed by atoms with E-state index in [4.69, 9.17) is 10.5 Å². The van der Waals surface area contributed by atoms with Crippen molar-refractivity contribution < 1.29 is 23.1 Å². The van der Waals surface area contributed by atoms with Crippen molar-refractivity contribution in [3.8, 4) is 5.75 Å². The molecule has 2 amide bonds. The number of amides is 2. The maximum Gasteiger partial charge on any atom is 0.255 e. The van der Waals surface area contributed by atoms with Gasteiger partial charge >= 0.3 is 0 Å². The Morgan fingerprint density at radius 1 is 0.794 bits per heavy atom. The summed E-state index contributed by atoms with van der Waals surface area (Å²) < 4.78 is 32.3. The summed E-state index contributed by atoms with van der Waals surface area (Å²) in [6.07, 6.45) is 0. The summed E-state index contributed by atoms with van der Waals surface area (Å²) in [5.41, 5.74) is 7.40. The monoisotopic (exact) mass is 465 g/mol. The van der Waals surface area contributed by atoms with Crippen molar-refractivity contribution in [1.29, 1.82) is 0 Å². The summed E-state index contributed by atoms with van der Waals surface area (Å²) in [4.78, 5) is 27.8. The summed E-state index contributed by atoms with van der Waals surface area (Å²) in [6, 6.07) is 19.0. The van der Waals surface area contributed by atoms with Crippen LogP contribution in [0.5, 0.6) is 5.75 Å². The number of halogens is 2. The van der Waals surface area contributed by atoms with E-state index in [1.165, 1.54) is 24.3 Å². The van der Waals surface area contributed by atoms with Crippen molar-refractivity contribution in [2.24, 2.45) is 5.73 Å². The zero-order valence-corrected chi connectivity index (χ0v) is 18.5. The number of carbonyl (C=O) groups excluding carboxylic acids is 2.